The Labute approximate surface area is 161 Å². The number of hydrogen-bond acceptors (Lipinski definition) is 4. The van der Waals surface area contributed by atoms with Crippen molar-refractivity contribution in [3.8, 4) is 17.2 Å². The second-order valence-corrected chi connectivity index (χ2v) is 6.31. The standard InChI is InChI=1S/C22H15ClN2O2/c23-16-9-7-15(8-10-16)4-3-13-24-17-11-12-20(26)18(14-17)22-25-19-5-1-2-6-21(19)27-22/h1-14,26H. The number of aromatic nitrogens is 1. The fourth-order valence-electron chi connectivity index (χ4n) is 2.62. The van der Waals surface area contributed by atoms with Crippen molar-refractivity contribution in [1.29, 1.82) is 0 Å². The molecule has 0 saturated carbocycles. The van der Waals surface area contributed by atoms with E-state index in [0.717, 1.165) is 11.1 Å². The van der Waals surface area contributed by atoms with Crippen LogP contribution in [0.25, 0.3) is 28.6 Å². The van der Waals surface area contributed by atoms with Gasteiger partial charge in [0.1, 0.15) is 11.3 Å². The summed E-state index contributed by atoms with van der Waals surface area (Å²) in [5, 5.41) is 10.9. The van der Waals surface area contributed by atoms with E-state index in [0.29, 0.717) is 27.7 Å². The number of aromatic hydroxyl groups is 1. The number of phenols is 1. The van der Waals surface area contributed by atoms with Crippen molar-refractivity contribution in [2.75, 3.05) is 0 Å². The molecule has 1 heterocycles. The molecule has 0 saturated heterocycles. The summed E-state index contributed by atoms with van der Waals surface area (Å²) in [4.78, 5) is 8.83. The predicted molar refractivity (Wildman–Crippen MR) is 110 cm³/mol. The molecule has 1 N–H and O–H groups in total. The molecule has 132 valence electrons. The van der Waals surface area contributed by atoms with Crippen LogP contribution in [0.4, 0.5) is 5.69 Å². The second kappa shape index (κ2) is 7.48. The van der Waals surface area contributed by atoms with Crippen LogP contribution < -0.4 is 0 Å². The van der Waals surface area contributed by atoms with Gasteiger partial charge in [0.25, 0.3) is 0 Å². The number of hydrogen-bond donors (Lipinski definition) is 1. The molecule has 0 spiro atoms. The van der Waals surface area contributed by atoms with Crippen LogP contribution in [0, 0.1) is 0 Å². The number of phenolic OH excluding ortho intramolecular Hbond substituents is 1. The number of benzene rings is 3. The molecule has 0 fully saturated rings. The van der Waals surface area contributed by atoms with Gasteiger partial charge in [0, 0.05) is 11.2 Å². The van der Waals surface area contributed by atoms with Crippen molar-refractivity contribution in [3.05, 3.63) is 83.4 Å². The Morgan fingerprint density at radius 2 is 1.81 bits per heavy atom. The lowest BCUT2D eigenvalue weighted by molar-refractivity contribution is 0.474. The Kier molecular flexibility index (Phi) is 4.73. The van der Waals surface area contributed by atoms with Gasteiger partial charge in [-0.1, -0.05) is 41.9 Å². The first-order valence-electron chi connectivity index (χ1n) is 8.34. The molecule has 27 heavy (non-hydrogen) atoms. The lowest BCUT2D eigenvalue weighted by Crippen LogP contribution is -1.79. The van der Waals surface area contributed by atoms with E-state index < -0.39 is 0 Å². The minimum Gasteiger partial charge on any atom is -0.507 e. The highest BCUT2D eigenvalue weighted by molar-refractivity contribution is 6.30. The minimum atomic E-state index is 0.0946. The molecular formula is C22H15ClN2O2. The van der Waals surface area contributed by atoms with E-state index in [2.05, 4.69) is 9.98 Å². The van der Waals surface area contributed by atoms with Gasteiger partial charge in [0.15, 0.2) is 5.58 Å². The summed E-state index contributed by atoms with van der Waals surface area (Å²) in [6.45, 7) is 0. The lowest BCUT2D eigenvalue weighted by Gasteiger charge is -2.01. The summed E-state index contributed by atoms with van der Waals surface area (Å²) in [5.74, 6) is 0.458. The molecule has 3 aromatic carbocycles. The lowest BCUT2D eigenvalue weighted by atomic mass is 10.2. The van der Waals surface area contributed by atoms with Crippen LogP contribution in [0.3, 0.4) is 0 Å². The Morgan fingerprint density at radius 1 is 1.00 bits per heavy atom. The van der Waals surface area contributed by atoms with Crippen molar-refractivity contribution in [1.82, 2.24) is 4.98 Å². The fourth-order valence-corrected chi connectivity index (χ4v) is 2.75. The molecule has 0 aliphatic carbocycles. The molecule has 0 bridgehead atoms. The average Bonchev–Trinajstić information content (AvgIpc) is 3.12. The molecule has 4 rings (SSSR count). The fraction of sp³-hybridized carbons (Fsp3) is 0. The van der Waals surface area contributed by atoms with Crippen molar-refractivity contribution < 1.29 is 9.52 Å². The van der Waals surface area contributed by atoms with E-state index in [1.807, 2.05) is 60.7 Å². The van der Waals surface area contributed by atoms with Crippen molar-refractivity contribution in [2.24, 2.45) is 4.99 Å². The first kappa shape index (κ1) is 17.1. The van der Waals surface area contributed by atoms with E-state index in [4.69, 9.17) is 16.0 Å². The Balaban J connectivity index is 1.57. The third-order valence-electron chi connectivity index (χ3n) is 3.97. The van der Waals surface area contributed by atoms with Gasteiger partial charge in [-0.05, 0) is 54.1 Å². The zero-order valence-corrected chi connectivity index (χ0v) is 15.0. The van der Waals surface area contributed by atoms with Crippen molar-refractivity contribution in [2.45, 2.75) is 0 Å². The summed E-state index contributed by atoms with van der Waals surface area (Å²) in [6, 6.07) is 20.1. The van der Waals surface area contributed by atoms with Crippen LogP contribution in [0.2, 0.25) is 5.02 Å². The molecule has 0 aliphatic rings. The Morgan fingerprint density at radius 3 is 2.63 bits per heavy atom. The molecule has 0 radical (unpaired) electrons. The molecule has 1 aromatic heterocycles. The third-order valence-corrected chi connectivity index (χ3v) is 4.22. The zero-order chi connectivity index (χ0) is 18.6. The van der Waals surface area contributed by atoms with Gasteiger partial charge in [-0.2, -0.15) is 0 Å². The number of allylic oxidation sites excluding steroid dienone is 1. The molecule has 4 nitrogen and oxygen atoms in total. The predicted octanol–water partition coefficient (Wildman–Crippen LogP) is 6.27. The average molecular weight is 375 g/mol. The SMILES string of the molecule is Oc1ccc(N=CC=Cc2ccc(Cl)cc2)cc1-c1nc2ccccc2o1. The summed E-state index contributed by atoms with van der Waals surface area (Å²) >= 11 is 5.87. The van der Waals surface area contributed by atoms with E-state index in [-0.39, 0.29) is 5.75 Å². The van der Waals surface area contributed by atoms with Crippen LogP contribution >= 0.6 is 11.6 Å². The summed E-state index contributed by atoms with van der Waals surface area (Å²) in [6.07, 6.45) is 5.47. The number of para-hydroxylation sites is 2. The second-order valence-electron chi connectivity index (χ2n) is 5.88. The molecule has 0 amide bonds. The monoisotopic (exact) mass is 374 g/mol. The highest BCUT2D eigenvalue weighted by Gasteiger charge is 2.12. The van der Waals surface area contributed by atoms with Gasteiger partial charge < -0.3 is 9.52 Å². The summed E-state index contributed by atoms with van der Waals surface area (Å²) in [7, 11) is 0. The molecule has 0 aliphatic heterocycles. The number of halogens is 1. The molecular weight excluding hydrogens is 360 g/mol. The first-order chi connectivity index (χ1) is 13.2. The summed E-state index contributed by atoms with van der Waals surface area (Å²) in [5.41, 5.74) is 3.63. The smallest absolute Gasteiger partial charge is 0.231 e. The van der Waals surface area contributed by atoms with Crippen molar-refractivity contribution >= 4 is 40.7 Å². The number of rotatable bonds is 4. The topological polar surface area (TPSA) is 58.6 Å². The van der Waals surface area contributed by atoms with Gasteiger partial charge >= 0.3 is 0 Å². The maximum Gasteiger partial charge on any atom is 0.231 e. The van der Waals surface area contributed by atoms with Crippen LogP contribution in [0.15, 0.2) is 82.2 Å². The number of nitrogens with zero attached hydrogens (tertiary/aromatic N) is 2. The minimum absolute atomic E-state index is 0.0946. The van der Waals surface area contributed by atoms with Crippen LogP contribution in [-0.2, 0) is 0 Å². The van der Waals surface area contributed by atoms with Gasteiger partial charge in [0.05, 0.1) is 11.3 Å². The highest BCUT2D eigenvalue weighted by Crippen LogP contribution is 2.33. The van der Waals surface area contributed by atoms with Crippen LogP contribution in [0.5, 0.6) is 5.75 Å². The number of aliphatic imine (C=N–C) groups is 1. The normalized spacial score (nSPS) is 11.7. The van der Waals surface area contributed by atoms with Crippen molar-refractivity contribution in [3.63, 3.8) is 0 Å². The quantitative estimate of drug-likeness (QED) is 0.428. The summed E-state index contributed by atoms with van der Waals surface area (Å²) < 4.78 is 5.74. The van der Waals surface area contributed by atoms with E-state index >= 15 is 0 Å². The number of oxazole rings is 1. The molecule has 0 atom stereocenters. The first-order valence-corrected chi connectivity index (χ1v) is 8.72. The van der Waals surface area contributed by atoms with E-state index in [1.54, 1.807) is 24.4 Å². The molecule has 5 heteroatoms. The maximum atomic E-state index is 10.2. The van der Waals surface area contributed by atoms with Gasteiger partial charge in [-0.15, -0.1) is 0 Å². The maximum absolute atomic E-state index is 10.2. The van der Waals surface area contributed by atoms with Crippen LogP contribution in [-0.4, -0.2) is 16.3 Å². The Hall–Kier alpha value is -3.37. The third kappa shape index (κ3) is 3.91. The van der Waals surface area contributed by atoms with E-state index in [1.165, 1.54) is 0 Å². The highest BCUT2D eigenvalue weighted by atomic mass is 35.5. The zero-order valence-electron chi connectivity index (χ0n) is 14.2. The molecule has 4 aromatic rings. The van der Waals surface area contributed by atoms with Gasteiger partial charge in [0.2, 0.25) is 5.89 Å². The molecule has 0 unspecified atom stereocenters. The van der Waals surface area contributed by atoms with Gasteiger partial charge in [-0.3, -0.25) is 4.99 Å². The largest absolute Gasteiger partial charge is 0.507 e. The number of fused-ring (bicyclic) bond motifs is 1. The van der Waals surface area contributed by atoms with Crippen LogP contribution in [0.1, 0.15) is 5.56 Å². The van der Waals surface area contributed by atoms with E-state index in [9.17, 15) is 5.11 Å². The van der Waals surface area contributed by atoms with Gasteiger partial charge in [-0.25, -0.2) is 4.98 Å². The Bertz CT molecular complexity index is 1110.